The third-order valence-electron chi connectivity index (χ3n) is 5.38. The van der Waals surface area contributed by atoms with Crippen molar-refractivity contribution in [2.24, 2.45) is 7.05 Å². The summed E-state index contributed by atoms with van der Waals surface area (Å²) in [4.78, 5) is 15.3. The number of fused-ring (bicyclic) bond motifs is 1. The molecular weight excluding hydrogens is 418 g/mol. The molecule has 5 nitrogen and oxygen atoms in total. The lowest BCUT2D eigenvalue weighted by molar-refractivity contribution is 0.0931. The van der Waals surface area contributed by atoms with Crippen LogP contribution in [-0.2, 0) is 11.8 Å². The van der Waals surface area contributed by atoms with Crippen LogP contribution in [0.5, 0.6) is 0 Å². The van der Waals surface area contributed by atoms with Crippen molar-refractivity contribution in [1.29, 1.82) is 0 Å². The molecule has 6 heteroatoms. The number of amides is 1. The molecule has 0 bridgehead atoms. The first-order valence-corrected chi connectivity index (χ1v) is 10.3. The van der Waals surface area contributed by atoms with Crippen molar-refractivity contribution in [3.05, 3.63) is 64.3 Å². The number of halogens is 1. The number of para-hydroxylation sites is 1. The molecule has 1 aliphatic heterocycles. The zero-order valence-electron chi connectivity index (χ0n) is 16.1. The number of nitrogens with zero attached hydrogens (tertiary/aromatic N) is 2. The molecule has 1 amide bonds. The number of aromatic nitrogens is 1. The first-order chi connectivity index (χ1) is 13.6. The molecule has 2 aromatic carbocycles. The highest BCUT2D eigenvalue weighted by Gasteiger charge is 2.21. The molecule has 1 atom stereocenters. The standard InChI is InChI=1S/C22H24BrN3O2/c1-15(16-7-9-17(10-8-16)26-11-13-28-14-12-26)24-22(27)21-20(23)18-5-3-4-6-19(18)25(21)2/h3-10,15H,11-14H2,1-2H3,(H,24,27). The van der Waals surface area contributed by atoms with Crippen molar-refractivity contribution in [2.45, 2.75) is 13.0 Å². The van der Waals surface area contributed by atoms with Crippen LogP contribution in [0.2, 0.25) is 0 Å². The van der Waals surface area contributed by atoms with Gasteiger partial charge in [0.1, 0.15) is 5.69 Å². The predicted molar refractivity (Wildman–Crippen MR) is 116 cm³/mol. The molecule has 2 heterocycles. The molecule has 0 radical (unpaired) electrons. The van der Waals surface area contributed by atoms with E-state index in [0.29, 0.717) is 5.69 Å². The van der Waals surface area contributed by atoms with Gasteiger partial charge in [-0.1, -0.05) is 30.3 Å². The Balaban J connectivity index is 1.50. The van der Waals surface area contributed by atoms with Crippen LogP contribution in [0, 0.1) is 0 Å². The largest absolute Gasteiger partial charge is 0.378 e. The number of aryl methyl sites for hydroxylation is 1. The van der Waals surface area contributed by atoms with E-state index in [2.05, 4.69) is 50.4 Å². The molecule has 4 rings (SSSR count). The van der Waals surface area contributed by atoms with Gasteiger partial charge in [0.05, 0.1) is 23.7 Å². The SMILES string of the molecule is CC(NC(=O)c1c(Br)c2ccccc2n1C)c1ccc(N2CCOCC2)cc1. The topological polar surface area (TPSA) is 46.5 Å². The highest BCUT2D eigenvalue weighted by molar-refractivity contribution is 9.10. The summed E-state index contributed by atoms with van der Waals surface area (Å²) in [5.74, 6) is -0.0877. The molecule has 0 saturated carbocycles. The maximum absolute atomic E-state index is 13.0. The van der Waals surface area contributed by atoms with Crippen LogP contribution in [0.1, 0.15) is 29.0 Å². The summed E-state index contributed by atoms with van der Waals surface area (Å²) < 4.78 is 8.18. The lowest BCUT2D eigenvalue weighted by Gasteiger charge is -2.29. The summed E-state index contributed by atoms with van der Waals surface area (Å²) in [5, 5.41) is 4.17. The van der Waals surface area contributed by atoms with Crippen LogP contribution in [-0.4, -0.2) is 36.8 Å². The fourth-order valence-electron chi connectivity index (χ4n) is 3.74. The van der Waals surface area contributed by atoms with Crippen LogP contribution >= 0.6 is 15.9 Å². The molecular formula is C22H24BrN3O2. The number of rotatable bonds is 4. The molecule has 3 aromatic rings. The Kier molecular flexibility index (Phi) is 5.42. The quantitative estimate of drug-likeness (QED) is 0.657. The highest BCUT2D eigenvalue weighted by atomic mass is 79.9. The number of anilines is 1. The van der Waals surface area contributed by atoms with Crippen LogP contribution < -0.4 is 10.2 Å². The van der Waals surface area contributed by atoms with E-state index < -0.39 is 0 Å². The van der Waals surface area contributed by atoms with Gasteiger partial charge in [-0.2, -0.15) is 0 Å². The number of hydrogen-bond acceptors (Lipinski definition) is 3. The van der Waals surface area contributed by atoms with Gasteiger partial charge in [-0.3, -0.25) is 4.79 Å². The third-order valence-corrected chi connectivity index (χ3v) is 6.18. The molecule has 28 heavy (non-hydrogen) atoms. The van der Waals surface area contributed by atoms with Crippen molar-refractivity contribution >= 4 is 38.4 Å². The fraction of sp³-hybridized carbons (Fsp3) is 0.318. The molecule has 1 N–H and O–H groups in total. The minimum atomic E-state index is -0.0877. The maximum atomic E-state index is 13.0. The Morgan fingerprint density at radius 2 is 1.79 bits per heavy atom. The third kappa shape index (κ3) is 3.54. The first-order valence-electron chi connectivity index (χ1n) is 9.52. The number of benzene rings is 2. The second kappa shape index (κ2) is 7.97. The van der Waals surface area contributed by atoms with Crippen LogP contribution in [0.3, 0.4) is 0 Å². The molecule has 1 aromatic heterocycles. The van der Waals surface area contributed by atoms with E-state index in [1.165, 1.54) is 5.69 Å². The van der Waals surface area contributed by atoms with Crippen molar-refractivity contribution in [1.82, 2.24) is 9.88 Å². The lowest BCUT2D eigenvalue weighted by atomic mass is 10.1. The van der Waals surface area contributed by atoms with Gasteiger partial charge in [-0.25, -0.2) is 0 Å². The van der Waals surface area contributed by atoms with Gasteiger partial charge in [0.2, 0.25) is 0 Å². The molecule has 1 aliphatic rings. The van der Waals surface area contributed by atoms with Crippen LogP contribution in [0.15, 0.2) is 53.0 Å². The lowest BCUT2D eigenvalue weighted by Crippen LogP contribution is -2.36. The zero-order valence-corrected chi connectivity index (χ0v) is 17.7. The van der Waals surface area contributed by atoms with Crippen molar-refractivity contribution in [3.8, 4) is 0 Å². The number of nitrogens with one attached hydrogen (secondary N) is 1. The first kappa shape index (κ1) is 19.0. The average Bonchev–Trinajstić information content (AvgIpc) is 2.99. The van der Waals surface area contributed by atoms with Gasteiger partial charge in [0.25, 0.3) is 5.91 Å². The normalized spacial score (nSPS) is 15.6. The molecule has 1 unspecified atom stereocenters. The fourth-order valence-corrected chi connectivity index (χ4v) is 4.52. The van der Waals surface area contributed by atoms with E-state index in [4.69, 9.17) is 4.74 Å². The Bertz CT molecular complexity index is 952. The van der Waals surface area contributed by atoms with E-state index in [9.17, 15) is 4.79 Å². The minimum Gasteiger partial charge on any atom is -0.378 e. The van der Waals surface area contributed by atoms with E-state index in [1.54, 1.807) is 0 Å². The predicted octanol–water partition coefficient (Wildman–Crippen LogP) is 4.27. The summed E-state index contributed by atoms with van der Waals surface area (Å²) in [5.41, 5.74) is 3.95. The van der Waals surface area contributed by atoms with Gasteiger partial charge in [-0.15, -0.1) is 0 Å². The Morgan fingerprint density at radius 1 is 1.11 bits per heavy atom. The number of morpholine rings is 1. The van der Waals surface area contributed by atoms with Crippen molar-refractivity contribution < 1.29 is 9.53 Å². The smallest absolute Gasteiger partial charge is 0.269 e. The van der Waals surface area contributed by atoms with Gasteiger partial charge in [0.15, 0.2) is 0 Å². The Labute approximate surface area is 173 Å². The zero-order chi connectivity index (χ0) is 19.7. The highest BCUT2D eigenvalue weighted by Crippen LogP contribution is 2.30. The molecule has 1 saturated heterocycles. The van der Waals surface area contributed by atoms with Gasteiger partial charge in [0, 0.05) is 36.7 Å². The Morgan fingerprint density at radius 3 is 2.46 bits per heavy atom. The number of carbonyl (C=O) groups excluding carboxylic acids is 1. The number of carbonyl (C=O) groups is 1. The Hall–Kier alpha value is -2.31. The summed E-state index contributed by atoms with van der Waals surface area (Å²) in [6, 6.07) is 16.3. The van der Waals surface area contributed by atoms with Crippen molar-refractivity contribution in [2.75, 3.05) is 31.2 Å². The minimum absolute atomic E-state index is 0.0869. The molecule has 0 aliphatic carbocycles. The summed E-state index contributed by atoms with van der Waals surface area (Å²) in [6.07, 6.45) is 0. The van der Waals surface area contributed by atoms with Gasteiger partial charge in [-0.05, 0) is 46.6 Å². The molecule has 0 spiro atoms. The van der Waals surface area contributed by atoms with E-state index >= 15 is 0 Å². The molecule has 1 fully saturated rings. The second-order valence-corrected chi connectivity index (χ2v) is 7.92. The van der Waals surface area contributed by atoms with E-state index in [1.807, 2.05) is 42.8 Å². The van der Waals surface area contributed by atoms with E-state index in [-0.39, 0.29) is 11.9 Å². The van der Waals surface area contributed by atoms with Crippen molar-refractivity contribution in [3.63, 3.8) is 0 Å². The van der Waals surface area contributed by atoms with E-state index in [0.717, 1.165) is 47.2 Å². The van der Waals surface area contributed by atoms with Crippen LogP contribution in [0.4, 0.5) is 5.69 Å². The summed E-state index contributed by atoms with van der Waals surface area (Å²) in [6.45, 7) is 5.39. The van der Waals surface area contributed by atoms with Crippen LogP contribution in [0.25, 0.3) is 10.9 Å². The molecule has 146 valence electrons. The average molecular weight is 442 g/mol. The second-order valence-electron chi connectivity index (χ2n) is 7.12. The maximum Gasteiger partial charge on any atom is 0.269 e. The van der Waals surface area contributed by atoms with Gasteiger partial charge >= 0.3 is 0 Å². The summed E-state index contributed by atoms with van der Waals surface area (Å²) >= 11 is 3.61. The summed E-state index contributed by atoms with van der Waals surface area (Å²) in [7, 11) is 1.92. The monoisotopic (exact) mass is 441 g/mol. The number of ether oxygens (including phenoxy) is 1. The number of hydrogen-bond donors (Lipinski definition) is 1. The van der Waals surface area contributed by atoms with Gasteiger partial charge < -0.3 is 19.5 Å².